The number of aryl methyl sites for hydroxylation is 2. The second-order valence-corrected chi connectivity index (χ2v) is 6.02. The molecule has 0 amide bonds. The van der Waals surface area contributed by atoms with E-state index in [2.05, 4.69) is 15.8 Å². The highest BCUT2D eigenvalue weighted by Crippen LogP contribution is 2.30. The van der Waals surface area contributed by atoms with Crippen molar-refractivity contribution in [2.24, 2.45) is 5.92 Å². The molecule has 0 spiro atoms. The topological polar surface area (TPSA) is 59.3 Å². The first-order chi connectivity index (χ1) is 9.75. The van der Waals surface area contributed by atoms with Crippen LogP contribution < -0.4 is 10.6 Å². The third kappa shape index (κ3) is 2.90. The lowest BCUT2D eigenvalue weighted by Gasteiger charge is -2.33. The van der Waals surface area contributed by atoms with E-state index in [-0.39, 0.29) is 0 Å². The molecule has 1 aromatic rings. The van der Waals surface area contributed by atoms with Crippen molar-refractivity contribution in [3.05, 3.63) is 17.0 Å². The third-order valence-corrected chi connectivity index (χ3v) is 4.76. The zero-order valence-electron chi connectivity index (χ0n) is 12.4. The van der Waals surface area contributed by atoms with Crippen molar-refractivity contribution in [2.75, 3.05) is 19.8 Å². The Morgan fingerprint density at radius 2 is 2.25 bits per heavy atom. The van der Waals surface area contributed by atoms with Gasteiger partial charge < -0.3 is 19.9 Å². The molecular formula is C15H25N3O2. The molecule has 2 N–H and O–H groups in total. The van der Waals surface area contributed by atoms with Crippen molar-refractivity contribution < 1.29 is 9.26 Å². The Morgan fingerprint density at radius 1 is 1.35 bits per heavy atom. The zero-order chi connectivity index (χ0) is 13.9. The molecule has 2 aliphatic rings. The number of ether oxygens (including phenoxy) is 1. The van der Waals surface area contributed by atoms with Crippen molar-refractivity contribution >= 4 is 0 Å². The van der Waals surface area contributed by atoms with E-state index < -0.39 is 0 Å². The van der Waals surface area contributed by atoms with Crippen molar-refractivity contribution in [3.8, 4) is 0 Å². The minimum absolute atomic E-state index is 0.508. The average molecular weight is 279 g/mol. The lowest BCUT2D eigenvalue weighted by Crippen LogP contribution is -2.50. The summed E-state index contributed by atoms with van der Waals surface area (Å²) in [5.41, 5.74) is 2.21. The van der Waals surface area contributed by atoms with Crippen molar-refractivity contribution in [2.45, 2.75) is 51.7 Å². The average Bonchev–Trinajstić information content (AvgIpc) is 3.06. The summed E-state index contributed by atoms with van der Waals surface area (Å²) in [7, 11) is 0. The molecule has 0 aromatic carbocycles. The van der Waals surface area contributed by atoms with Gasteiger partial charge in [-0.15, -0.1) is 0 Å². The Hall–Kier alpha value is -0.910. The molecule has 0 radical (unpaired) electrons. The zero-order valence-corrected chi connectivity index (χ0v) is 12.4. The normalized spacial score (nSPS) is 30.8. The number of aromatic nitrogens is 1. The van der Waals surface area contributed by atoms with Crippen molar-refractivity contribution in [1.82, 2.24) is 15.8 Å². The van der Waals surface area contributed by atoms with E-state index in [1.807, 2.05) is 13.8 Å². The van der Waals surface area contributed by atoms with Gasteiger partial charge in [0, 0.05) is 30.7 Å². The first-order valence-corrected chi connectivity index (χ1v) is 7.72. The van der Waals surface area contributed by atoms with Crippen LogP contribution in [0.25, 0.3) is 0 Å². The third-order valence-electron chi connectivity index (χ3n) is 4.76. The molecule has 5 heteroatoms. The Morgan fingerprint density at radius 3 is 2.95 bits per heavy atom. The highest BCUT2D eigenvalue weighted by molar-refractivity contribution is 5.20. The van der Waals surface area contributed by atoms with Crippen LogP contribution in [0.15, 0.2) is 4.52 Å². The number of nitrogens with zero attached hydrogens (tertiary/aromatic N) is 1. The Kier molecular flexibility index (Phi) is 4.38. The summed E-state index contributed by atoms with van der Waals surface area (Å²) in [6.45, 7) is 7.54. The lowest BCUT2D eigenvalue weighted by molar-refractivity contribution is 0.0524. The number of nitrogens with one attached hydrogen (secondary N) is 2. The molecule has 0 bridgehead atoms. The summed E-state index contributed by atoms with van der Waals surface area (Å²) in [4.78, 5) is 0. The van der Waals surface area contributed by atoms with Gasteiger partial charge >= 0.3 is 0 Å². The van der Waals surface area contributed by atoms with Crippen LogP contribution in [0.4, 0.5) is 0 Å². The van der Waals surface area contributed by atoms with E-state index in [1.54, 1.807) is 0 Å². The Labute approximate surface area is 120 Å². The predicted octanol–water partition coefficient (Wildman–Crippen LogP) is 1.54. The van der Waals surface area contributed by atoms with Crippen LogP contribution in [0.3, 0.4) is 0 Å². The van der Waals surface area contributed by atoms with Gasteiger partial charge in [-0.05, 0) is 32.6 Å². The molecule has 1 aliphatic carbocycles. The van der Waals surface area contributed by atoms with Crippen LogP contribution in [0.2, 0.25) is 0 Å². The Bertz CT molecular complexity index is 421. The van der Waals surface area contributed by atoms with Crippen LogP contribution >= 0.6 is 0 Å². The largest absolute Gasteiger partial charge is 0.379 e. The predicted molar refractivity (Wildman–Crippen MR) is 76.6 cm³/mol. The fourth-order valence-electron chi connectivity index (χ4n) is 3.57. The molecule has 2 heterocycles. The summed E-state index contributed by atoms with van der Waals surface area (Å²) in [5, 5.41) is 11.4. The molecule has 3 atom stereocenters. The molecule has 1 saturated carbocycles. The lowest BCUT2D eigenvalue weighted by atomic mass is 9.94. The highest BCUT2D eigenvalue weighted by Gasteiger charge is 2.34. The van der Waals surface area contributed by atoms with E-state index in [1.165, 1.54) is 24.8 Å². The van der Waals surface area contributed by atoms with Gasteiger partial charge in [-0.2, -0.15) is 0 Å². The highest BCUT2D eigenvalue weighted by atomic mass is 16.5. The van der Waals surface area contributed by atoms with Gasteiger partial charge in [-0.1, -0.05) is 11.6 Å². The maximum absolute atomic E-state index is 5.62. The first-order valence-electron chi connectivity index (χ1n) is 7.72. The van der Waals surface area contributed by atoms with Gasteiger partial charge in [0.1, 0.15) is 5.76 Å². The van der Waals surface area contributed by atoms with E-state index in [9.17, 15) is 0 Å². The van der Waals surface area contributed by atoms with Gasteiger partial charge in [0.15, 0.2) is 0 Å². The molecule has 1 aliphatic heterocycles. The Balaban J connectivity index is 1.58. The van der Waals surface area contributed by atoms with Gasteiger partial charge in [-0.3, -0.25) is 0 Å². The van der Waals surface area contributed by atoms with Crippen LogP contribution in [0.1, 0.15) is 36.3 Å². The molecule has 3 rings (SSSR count). The molecule has 3 unspecified atom stereocenters. The summed E-state index contributed by atoms with van der Waals surface area (Å²) in [6, 6.07) is 1.08. The number of hydrogen-bond acceptors (Lipinski definition) is 5. The minimum atomic E-state index is 0.508. The smallest absolute Gasteiger partial charge is 0.138 e. The fraction of sp³-hybridized carbons (Fsp3) is 0.800. The molecular weight excluding hydrogens is 254 g/mol. The second kappa shape index (κ2) is 6.24. The SMILES string of the molecule is Cc1noc(C)c1CNC1CCCC1C1COCCN1. The summed E-state index contributed by atoms with van der Waals surface area (Å²) in [5.74, 6) is 1.61. The van der Waals surface area contributed by atoms with E-state index in [0.29, 0.717) is 18.0 Å². The van der Waals surface area contributed by atoms with E-state index in [0.717, 1.165) is 37.8 Å². The van der Waals surface area contributed by atoms with Gasteiger partial charge in [0.2, 0.25) is 0 Å². The van der Waals surface area contributed by atoms with Crippen molar-refractivity contribution in [1.29, 1.82) is 0 Å². The number of morpholine rings is 1. The molecule has 1 saturated heterocycles. The maximum Gasteiger partial charge on any atom is 0.138 e. The molecule has 1 aromatic heterocycles. The van der Waals surface area contributed by atoms with E-state index in [4.69, 9.17) is 9.26 Å². The molecule has 112 valence electrons. The van der Waals surface area contributed by atoms with Crippen LogP contribution in [-0.2, 0) is 11.3 Å². The standard InChI is InChI=1S/C15H25N3O2/c1-10-13(11(2)20-18-10)8-17-14-5-3-4-12(14)15-9-19-7-6-16-15/h12,14-17H,3-9H2,1-2H3. The van der Waals surface area contributed by atoms with Crippen LogP contribution in [0.5, 0.6) is 0 Å². The quantitative estimate of drug-likeness (QED) is 0.875. The monoisotopic (exact) mass is 279 g/mol. The maximum atomic E-state index is 5.62. The second-order valence-electron chi connectivity index (χ2n) is 6.02. The summed E-state index contributed by atoms with van der Waals surface area (Å²) in [6.07, 6.45) is 3.86. The number of rotatable bonds is 4. The fourth-order valence-corrected chi connectivity index (χ4v) is 3.57. The number of hydrogen-bond donors (Lipinski definition) is 2. The first kappa shape index (κ1) is 14.0. The van der Waals surface area contributed by atoms with Crippen molar-refractivity contribution in [3.63, 3.8) is 0 Å². The van der Waals surface area contributed by atoms with Gasteiger partial charge in [0.25, 0.3) is 0 Å². The summed E-state index contributed by atoms with van der Waals surface area (Å²) >= 11 is 0. The molecule has 20 heavy (non-hydrogen) atoms. The van der Waals surface area contributed by atoms with Gasteiger partial charge in [-0.25, -0.2) is 0 Å². The summed E-state index contributed by atoms with van der Waals surface area (Å²) < 4.78 is 10.8. The van der Waals surface area contributed by atoms with Crippen LogP contribution in [0, 0.1) is 19.8 Å². The molecule has 5 nitrogen and oxygen atoms in total. The molecule has 2 fully saturated rings. The van der Waals surface area contributed by atoms with E-state index >= 15 is 0 Å². The minimum Gasteiger partial charge on any atom is -0.379 e. The van der Waals surface area contributed by atoms with Crippen LogP contribution in [-0.4, -0.2) is 37.0 Å². The van der Waals surface area contributed by atoms with Gasteiger partial charge in [0.05, 0.1) is 18.9 Å².